The summed E-state index contributed by atoms with van der Waals surface area (Å²) in [5, 5.41) is 1.62. The van der Waals surface area contributed by atoms with E-state index >= 15 is 0 Å². The molecule has 0 saturated carbocycles. The summed E-state index contributed by atoms with van der Waals surface area (Å²) >= 11 is 1.46. The van der Waals surface area contributed by atoms with E-state index in [1.54, 1.807) is 0 Å². The second-order valence-electron chi connectivity index (χ2n) is 4.67. The van der Waals surface area contributed by atoms with Crippen LogP contribution in [-0.4, -0.2) is 19.9 Å². The average Bonchev–Trinajstić information content (AvgIpc) is 2.87. The normalized spacial score (nSPS) is 11.0. The number of anilines is 1. The number of imidazole rings is 1. The third-order valence-corrected chi connectivity index (χ3v) is 3.83. The minimum atomic E-state index is 0.608. The van der Waals surface area contributed by atoms with Gasteiger partial charge in [-0.2, -0.15) is 0 Å². The van der Waals surface area contributed by atoms with E-state index in [1.165, 1.54) is 17.3 Å². The minimum absolute atomic E-state index is 0.608. The molecule has 0 saturated heterocycles. The van der Waals surface area contributed by atoms with E-state index in [-0.39, 0.29) is 0 Å². The van der Waals surface area contributed by atoms with Gasteiger partial charge in [-0.25, -0.2) is 20.8 Å². The van der Waals surface area contributed by atoms with Gasteiger partial charge < -0.3 is 10.4 Å². The largest absolute Gasteiger partial charge is 0.333 e. The number of hydrogen-bond donors (Lipinski definition) is 3. The molecule has 3 rings (SSSR count). The molecule has 21 heavy (non-hydrogen) atoms. The number of aryl methyl sites for hydroxylation is 2. The maximum atomic E-state index is 5.44. The number of fused-ring (bicyclic) bond motifs is 1. The molecule has 0 atom stereocenters. The fourth-order valence-corrected chi connectivity index (χ4v) is 2.83. The van der Waals surface area contributed by atoms with Gasteiger partial charge in [-0.1, -0.05) is 13.0 Å². The van der Waals surface area contributed by atoms with Crippen molar-refractivity contribution in [2.75, 3.05) is 5.43 Å². The van der Waals surface area contributed by atoms with Crippen molar-refractivity contribution in [3.63, 3.8) is 0 Å². The second-order valence-corrected chi connectivity index (χ2v) is 5.68. The Kier molecular flexibility index (Phi) is 3.76. The number of nitrogens with two attached hydrogens (primary N) is 1. The number of benzene rings is 1. The monoisotopic (exact) mass is 300 g/mol. The molecule has 0 fully saturated rings. The number of rotatable bonds is 4. The van der Waals surface area contributed by atoms with Crippen molar-refractivity contribution in [3.8, 4) is 0 Å². The SMILES string of the molecule is CCc1nc(NN)cc(Sc2nc3ccc(C)cc3[nH]2)n1. The van der Waals surface area contributed by atoms with Crippen molar-refractivity contribution in [3.05, 3.63) is 35.7 Å². The van der Waals surface area contributed by atoms with Crippen LogP contribution in [0.25, 0.3) is 11.0 Å². The van der Waals surface area contributed by atoms with Crippen molar-refractivity contribution >= 4 is 28.6 Å². The first-order chi connectivity index (χ1) is 10.2. The molecular weight excluding hydrogens is 284 g/mol. The molecule has 0 aliphatic rings. The van der Waals surface area contributed by atoms with E-state index in [0.717, 1.165) is 33.5 Å². The predicted octanol–water partition coefficient (Wildman–Crippen LogP) is 2.66. The Bertz CT molecular complexity index is 760. The molecule has 7 heteroatoms. The van der Waals surface area contributed by atoms with Crippen LogP contribution in [-0.2, 0) is 6.42 Å². The van der Waals surface area contributed by atoms with E-state index in [4.69, 9.17) is 5.84 Å². The van der Waals surface area contributed by atoms with Crippen LogP contribution in [0, 0.1) is 6.92 Å². The van der Waals surface area contributed by atoms with Gasteiger partial charge in [-0.15, -0.1) is 0 Å². The summed E-state index contributed by atoms with van der Waals surface area (Å²) in [6, 6.07) is 7.95. The molecule has 3 aromatic rings. The number of nitrogen functional groups attached to an aromatic ring is 1. The van der Waals surface area contributed by atoms with Crippen LogP contribution in [0.5, 0.6) is 0 Å². The van der Waals surface area contributed by atoms with E-state index in [1.807, 2.05) is 25.1 Å². The van der Waals surface area contributed by atoms with Gasteiger partial charge in [0.2, 0.25) is 0 Å². The highest BCUT2D eigenvalue weighted by Gasteiger charge is 2.08. The lowest BCUT2D eigenvalue weighted by Gasteiger charge is -2.04. The Hall–Kier alpha value is -2.12. The highest BCUT2D eigenvalue weighted by molar-refractivity contribution is 7.99. The topological polar surface area (TPSA) is 92.5 Å². The van der Waals surface area contributed by atoms with Crippen molar-refractivity contribution in [2.24, 2.45) is 5.84 Å². The van der Waals surface area contributed by atoms with E-state index in [9.17, 15) is 0 Å². The van der Waals surface area contributed by atoms with Gasteiger partial charge in [0.15, 0.2) is 5.16 Å². The molecule has 4 N–H and O–H groups in total. The van der Waals surface area contributed by atoms with Crippen LogP contribution < -0.4 is 11.3 Å². The van der Waals surface area contributed by atoms with Crippen molar-refractivity contribution in [2.45, 2.75) is 30.5 Å². The highest BCUT2D eigenvalue weighted by Crippen LogP contribution is 2.27. The molecule has 0 amide bonds. The summed E-state index contributed by atoms with van der Waals surface area (Å²) in [6.45, 7) is 4.07. The molecule has 0 aliphatic heterocycles. The van der Waals surface area contributed by atoms with Gasteiger partial charge in [0.05, 0.1) is 11.0 Å². The van der Waals surface area contributed by atoms with Gasteiger partial charge in [-0.3, -0.25) is 0 Å². The number of H-pyrrole nitrogens is 1. The number of nitrogens with one attached hydrogen (secondary N) is 2. The molecule has 2 heterocycles. The Morgan fingerprint density at radius 3 is 2.86 bits per heavy atom. The first-order valence-electron chi connectivity index (χ1n) is 6.66. The van der Waals surface area contributed by atoms with Crippen molar-refractivity contribution in [1.29, 1.82) is 0 Å². The van der Waals surface area contributed by atoms with Crippen molar-refractivity contribution in [1.82, 2.24) is 19.9 Å². The molecule has 108 valence electrons. The molecule has 2 aromatic heterocycles. The van der Waals surface area contributed by atoms with Crippen LogP contribution in [0.3, 0.4) is 0 Å². The van der Waals surface area contributed by atoms with Crippen LogP contribution in [0.2, 0.25) is 0 Å². The summed E-state index contributed by atoms with van der Waals surface area (Å²) in [7, 11) is 0. The fourth-order valence-electron chi connectivity index (χ4n) is 2.00. The molecule has 6 nitrogen and oxygen atoms in total. The van der Waals surface area contributed by atoms with Crippen LogP contribution in [0.15, 0.2) is 34.4 Å². The summed E-state index contributed by atoms with van der Waals surface area (Å²) < 4.78 is 0. The van der Waals surface area contributed by atoms with E-state index in [2.05, 4.69) is 38.4 Å². The zero-order valence-electron chi connectivity index (χ0n) is 11.8. The zero-order valence-corrected chi connectivity index (χ0v) is 12.7. The van der Waals surface area contributed by atoms with E-state index in [0.29, 0.717) is 5.82 Å². The molecule has 0 radical (unpaired) electrons. The van der Waals surface area contributed by atoms with Crippen LogP contribution in [0.4, 0.5) is 5.82 Å². The van der Waals surface area contributed by atoms with E-state index < -0.39 is 0 Å². The van der Waals surface area contributed by atoms with Crippen LogP contribution in [0.1, 0.15) is 18.3 Å². The van der Waals surface area contributed by atoms with Crippen LogP contribution >= 0.6 is 11.8 Å². The molecule has 0 aliphatic carbocycles. The zero-order chi connectivity index (χ0) is 14.8. The number of nitrogens with zero attached hydrogens (tertiary/aromatic N) is 3. The molecule has 0 bridgehead atoms. The predicted molar refractivity (Wildman–Crippen MR) is 84.2 cm³/mol. The maximum Gasteiger partial charge on any atom is 0.172 e. The lowest BCUT2D eigenvalue weighted by Crippen LogP contribution is -2.10. The highest BCUT2D eigenvalue weighted by atomic mass is 32.2. The average molecular weight is 300 g/mol. The van der Waals surface area contributed by atoms with Gasteiger partial charge in [0, 0.05) is 12.5 Å². The lowest BCUT2D eigenvalue weighted by atomic mass is 10.2. The summed E-state index contributed by atoms with van der Waals surface area (Å²) in [4.78, 5) is 16.6. The Labute approximate surface area is 126 Å². The number of aromatic amines is 1. The molecular formula is C14H16N6S. The minimum Gasteiger partial charge on any atom is -0.333 e. The molecule has 0 unspecified atom stereocenters. The quantitative estimate of drug-likeness (QED) is 0.390. The first-order valence-corrected chi connectivity index (χ1v) is 7.48. The summed E-state index contributed by atoms with van der Waals surface area (Å²) in [5.41, 5.74) is 5.74. The van der Waals surface area contributed by atoms with Gasteiger partial charge in [-0.05, 0) is 36.4 Å². The summed E-state index contributed by atoms with van der Waals surface area (Å²) in [5.74, 6) is 6.80. The van der Waals surface area contributed by atoms with Gasteiger partial charge in [0.1, 0.15) is 16.7 Å². The van der Waals surface area contributed by atoms with Crippen molar-refractivity contribution < 1.29 is 0 Å². The fraction of sp³-hybridized carbons (Fsp3) is 0.214. The number of hydrogen-bond acceptors (Lipinski definition) is 6. The third kappa shape index (κ3) is 2.98. The lowest BCUT2D eigenvalue weighted by molar-refractivity contribution is 0.886. The second kappa shape index (κ2) is 5.71. The molecule has 1 aromatic carbocycles. The number of aromatic nitrogens is 4. The first kappa shape index (κ1) is 13.8. The maximum absolute atomic E-state index is 5.44. The third-order valence-electron chi connectivity index (χ3n) is 3.03. The smallest absolute Gasteiger partial charge is 0.172 e. The standard InChI is InChI=1S/C14H16N6S/c1-3-11-18-12(20-15)7-13(19-11)21-14-16-9-5-4-8(2)6-10(9)17-14/h4-7H,3,15H2,1-2H3,(H,16,17)(H,18,19,20). The Morgan fingerprint density at radius 2 is 2.10 bits per heavy atom. The van der Waals surface area contributed by atoms with Gasteiger partial charge in [0.25, 0.3) is 0 Å². The molecule has 0 spiro atoms. The summed E-state index contributed by atoms with van der Waals surface area (Å²) in [6.07, 6.45) is 0.752. The van der Waals surface area contributed by atoms with Gasteiger partial charge >= 0.3 is 0 Å². The Balaban J connectivity index is 1.94. The Morgan fingerprint density at radius 1 is 1.24 bits per heavy atom. The number of hydrazine groups is 1.